The van der Waals surface area contributed by atoms with E-state index in [1.165, 1.54) is 14.2 Å². The van der Waals surface area contributed by atoms with E-state index in [1.54, 1.807) is 17.5 Å². The van der Waals surface area contributed by atoms with Crippen molar-refractivity contribution in [3.8, 4) is 22.4 Å². The molecule has 14 nitrogen and oxygen atoms in total. The Hall–Kier alpha value is -3.78. The number of carbonyl (C=O) groups is 4. The highest BCUT2D eigenvalue weighted by atomic mass is 32.1. The minimum absolute atomic E-state index is 0. The summed E-state index contributed by atoms with van der Waals surface area (Å²) >= 11 is 1.58. The smallest absolute Gasteiger partial charge is 0.407 e. The Morgan fingerprint density at radius 3 is 1.95 bits per heavy atom. The molecule has 0 aliphatic carbocycles. The second kappa shape index (κ2) is 22.6. The SMILES string of the molecule is COC(=O)N[C@H](C(=O)N1CCC[C@H]1CNc1nc2ccc(-c3ccc(-c4cnc([C@@H]5CCCN5C(=O)[C@@H](NC(=O)OC)C(C)C)[nH]4)cc3)cc2s1)C(C)C.S.S.S.S. The van der Waals surface area contributed by atoms with Crippen molar-refractivity contribution in [3.05, 3.63) is 54.5 Å². The first kappa shape index (κ1) is 50.4. The molecule has 0 bridgehead atoms. The molecule has 0 saturated carbocycles. The number of hydrogen-bond acceptors (Lipinski definition) is 10. The third kappa shape index (κ3) is 11.5. The molecule has 2 saturated heterocycles. The molecule has 2 aliphatic heterocycles. The summed E-state index contributed by atoms with van der Waals surface area (Å²) in [6, 6.07) is 13.0. The van der Waals surface area contributed by atoms with Crippen LogP contribution < -0.4 is 16.0 Å². The molecule has 0 radical (unpaired) electrons. The van der Waals surface area contributed by atoms with Crippen molar-refractivity contribution >= 4 is 105 Å². The van der Waals surface area contributed by atoms with Crippen LogP contribution in [-0.2, 0) is 19.1 Å². The quantitative estimate of drug-likeness (QED) is 0.122. The van der Waals surface area contributed by atoms with Crippen molar-refractivity contribution in [2.75, 3.05) is 39.2 Å². The van der Waals surface area contributed by atoms with Gasteiger partial charge in [0.2, 0.25) is 11.8 Å². The van der Waals surface area contributed by atoms with Gasteiger partial charge in [0.1, 0.15) is 17.9 Å². The molecule has 0 spiro atoms. The molecule has 2 aromatic carbocycles. The summed E-state index contributed by atoms with van der Waals surface area (Å²) in [4.78, 5) is 67.4. The van der Waals surface area contributed by atoms with Crippen LogP contribution in [0.5, 0.6) is 0 Å². The molecule has 2 aliphatic rings. The van der Waals surface area contributed by atoms with Crippen LogP contribution >= 0.6 is 65.3 Å². The number of anilines is 1. The number of thiazole rings is 1. The van der Waals surface area contributed by atoms with E-state index in [2.05, 4.69) is 62.3 Å². The highest BCUT2D eigenvalue weighted by Gasteiger charge is 2.38. The largest absolute Gasteiger partial charge is 0.453 e. The van der Waals surface area contributed by atoms with E-state index in [0.29, 0.717) is 19.6 Å². The van der Waals surface area contributed by atoms with Crippen molar-refractivity contribution < 1.29 is 28.7 Å². The number of H-pyrrole nitrogens is 1. The van der Waals surface area contributed by atoms with E-state index in [4.69, 9.17) is 14.5 Å². The van der Waals surface area contributed by atoms with E-state index < -0.39 is 24.3 Å². The summed E-state index contributed by atoms with van der Waals surface area (Å²) in [5, 5.41) is 9.65. The number of nitrogens with zero attached hydrogens (tertiary/aromatic N) is 4. The molecule has 19 heteroatoms. The molecular formula is C39H58N8O6S5. The van der Waals surface area contributed by atoms with Gasteiger partial charge in [-0.15, -0.1) is 0 Å². The minimum Gasteiger partial charge on any atom is -0.453 e. The molecule has 2 aromatic heterocycles. The third-order valence-corrected chi connectivity index (χ3v) is 11.3. The summed E-state index contributed by atoms with van der Waals surface area (Å²) in [5.41, 5.74) is 4.87. The van der Waals surface area contributed by atoms with E-state index in [-0.39, 0.29) is 89.7 Å². The Labute approximate surface area is 372 Å². The van der Waals surface area contributed by atoms with Crippen LogP contribution in [0.4, 0.5) is 14.7 Å². The predicted molar refractivity (Wildman–Crippen MR) is 249 cm³/mol. The number of fused-ring (bicyclic) bond motifs is 1. The molecule has 320 valence electrons. The van der Waals surface area contributed by atoms with E-state index in [9.17, 15) is 19.2 Å². The second-order valence-electron chi connectivity index (χ2n) is 14.6. The zero-order valence-corrected chi connectivity index (χ0v) is 38.5. The number of benzene rings is 2. The molecule has 4 heterocycles. The molecule has 4 aromatic rings. The monoisotopic (exact) mass is 894 g/mol. The summed E-state index contributed by atoms with van der Waals surface area (Å²) in [6.45, 7) is 9.44. The lowest BCUT2D eigenvalue weighted by Gasteiger charge is -2.30. The van der Waals surface area contributed by atoms with Gasteiger partial charge in [0.05, 0.1) is 42.4 Å². The number of carbonyl (C=O) groups excluding carboxylic acids is 4. The Bertz CT molecular complexity index is 1980. The maximum absolute atomic E-state index is 13.5. The third-order valence-electron chi connectivity index (χ3n) is 10.3. The number of amides is 4. The van der Waals surface area contributed by atoms with Crippen LogP contribution in [0.1, 0.15) is 65.2 Å². The van der Waals surface area contributed by atoms with Crippen LogP contribution in [0.2, 0.25) is 0 Å². The predicted octanol–water partition coefficient (Wildman–Crippen LogP) is 6.63. The van der Waals surface area contributed by atoms with Crippen molar-refractivity contribution in [3.63, 3.8) is 0 Å². The maximum atomic E-state index is 13.5. The first-order valence-corrected chi connectivity index (χ1v) is 19.4. The number of rotatable bonds is 12. The fraction of sp³-hybridized carbons (Fsp3) is 0.487. The Balaban J connectivity index is 0.00000290. The number of methoxy groups -OCH3 is 2. The molecule has 58 heavy (non-hydrogen) atoms. The van der Waals surface area contributed by atoms with Crippen molar-refractivity contribution in [1.29, 1.82) is 0 Å². The van der Waals surface area contributed by atoms with Crippen LogP contribution in [0, 0.1) is 11.8 Å². The first-order chi connectivity index (χ1) is 26.0. The molecule has 0 unspecified atom stereocenters. The fourth-order valence-electron chi connectivity index (χ4n) is 7.29. The van der Waals surface area contributed by atoms with Gasteiger partial charge >= 0.3 is 12.2 Å². The fourth-order valence-corrected chi connectivity index (χ4v) is 8.20. The number of aromatic nitrogens is 3. The summed E-state index contributed by atoms with van der Waals surface area (Å²) in [6.07, 6.45) is 3.98. The maximum Gasteiger partial charge on any atom is 0.407 e. The highest BCUT2D eigenvalue weighted by Crippen LogP contribution is 2.35. The molecule has 4 N–H and O–H groups in total. The Morgan fingerprint density at radius 1 is 0.793 bits per heavy atom. The average Bonchev–Trinajstić information content (AvgIpc) is 4.00. The van der Waals surface area contributed by atoms with Gasteiger partial charge in [0.15, 0.2) is 5.13 Å². The molecular weight excluding hydrogens is 837 g/mol. The zero-order chi connectivity index (χ0) is 38.5. The van der Waals surface area contributed by atoms with Gasteiger partial charge in [0, 0.05) is 25.7 Å². The lowest BCUT2D eigenvalue weighted by atomic mass is 10.0. The standard InChI is InChI=1S/C39H50N8O6S.4H2S/c1-22(2)32(44-38(50)52-5)35(48)46-17-7-9-27(46)20-41-37-43-28-16-15-26(19-31(28)54-37)24-11-13-25(14-12-24)29-21-40-34(42-29)30-10-8-18-47(30)36(49)33(23(3)4)45-39(51)53-6;;;;/h11-16,19,21-23,27,30,32-33H,7-10,17-18,20H2,1-6H3,(H,40,42)(H,41,43)(H,44,50)(H,45,51);4*1H2/t27-,30-,32-,33-;;;;/m0..../s1. The van der Waals surface area contributed by atoms with Gasteiger partial charge < -0.3 is 40.2 Å². The van der Waals surface area contributed by atoms with E-state index >= 15 is 0 Å². The zero-order valence-electron chi connectivity index (χ0n) is 33.7. The second-order valence-corrected chi connectivity index (χ2v) is 15.6. The number of imidazole rings is 1. The number of nitrogens with one attached hydrogen (secondary N) is 4. The number of alkyl carbamates (subject to hydrolysis) is 2. The van der Waals surface area contributed by atoms with Crippen molar-refractivity contribution in [1.82, 2.24) is 35.4 Å². The molecule has 4 amide bonds. The highest BCUT2D eigenvalue weighted by molar-refractivity contribution is 7.59. The number of hydrogen-bond donors (Lipinski definition) is 4. The Morgan fingerprint density at radius 2 is 1.34 bits per heavy atom. The average molecular weight is 895 g/mol. The van der Waals surface area contributed by atoms with Crippen LogP contribution in [0.3, 0.4) is 0 Å². The molecule has 2 fully saturated rings. The number of aromatic amines is 1. The Kier molecular flexibility index (Phi) is 19.6. The summed E-state index contributed by atoms with van der Waals surface area (Å²) < 4.78 is 10.6. The summed E-state index contributed by atoms with van der Waals surface area (Å²) in [5.74, 6) is 0.315. The van der Waals surface area contributed by atoms with Gasteiger partial charge in [-0.05, 0) is 66.3 Å². The topological polar surface area (TPSA) is 171 Å². The van der Waals surface area contributed by atoms with Crippen molar-refractivity contribution in [2.24, 2.45) is 11.8 Å². The molecule has 4 atom stereocenters. The lowest BCUT2D eigenvalue weighted by Crippen LogP contribution is -2.53. The summed E-state index contributed by atoms with van der Waals surface area (Å²) in [7, 11) is 2.59. The first-order valence-electron chi connectivity index (χ1n) is 18.6. The minimum atomic E-state index is -0.686. The van der Waals surface area contributed by atoms with Gasteiger partial charge in [-0.1, -0.05) is 69.4 Å². The van der Waals surface area contributed by atoms with Crippen LogP contribution in [0.15, 0.2) is 48.7 Å². The van der Waals surface area contributed by atoms with Crippen LogP contribution in [-0.4, -0.2) is 101 Å². The van der Waals surface area contributed by atoms with Gasteiger partial charge in [0.25, 0.3) is 0 Å². The van der Waals surface area contributed by atoms with E-state index in [1.807, 2.05) is 43.6 Å². The van der Waals surface area contributed by atoms with E-state index in [0.717, 1.165) is 69.2 Å². The molecule has 6 rings (SSSR count). The number of likely N-dealkylation sites (tertiary alicyclic amines) is 2. The lowest BCUT2D eigenvalue weighted by molar-refractivity contribution is -0.136. The van der Waals surface area contributed by atoms with Crippen molar-refractivity contribution in [2.45, 2.75) is 77.5 Å². The van der Waals surface area contributed by atoms with Gasteiger partial charge in [-0.25, -0.2) is 19.6 Å². The number of ether oxygens (including phenoxy) is 2. The van der Waals surface area contributed by atoms with Crippen LogP contribution in [0.25, 0.3) is 32.6 Å². The van der Waals surface area contributed by atoms with Gasteiger partial charge in [-0.3, -0.25) is 9.59 Å². The van der Waals surface area contributed by atoms with Gasteiger partial charge in [-0.2, -0.15) is 54.0 Å². The normalized spacial score (nSPS) is 17.0.